The fourth-order valence-corrected chi connectivity index (χ4v) is 2.57. The summed E-state index contributed by atoms with van der Waals surface area (Å²) in [6.45, 7) is 0. The van der Waals surface area contributed by atoms with Crippen LogP contribution in [0.3, 0.4) is 0 Å². The van der Waals surface area contributed by atoms with Crippen LogP contribution in [0.4, 0.5) is 11.8 Å². The largest absolute Gasteiger partial charge is 0.368 e. The van der Waals surface area contributed by atoms with Crippen LogP contribution in [0, 0.1) is 0 Å². The number of aromatic nitrogens is 2. The van der Waals surface area contributed by atoms with Crippen molar-refractivity contribution in [2.24, 2.45) is 0 Å². The molecule has 0 radical (unpaired) electrons. The molecule has 0 unspecified atom stereocenters. The Bertz CT molecular complexity index is 998. The van der Waals surface area contributed by atoms with Gasteiger partial charge in [0.1, 0.15) is 11.4 Å². The standard InChI is InChI=1S/C9H7BrN2O.C9H7ClN2O/c10-7-3-1-6(2-4-7)8-5-9(11)13-12-8;10-7-3-1-2-6(4-7)8-5-9(11)13-12-8/h2*1-5H,11H2. The van der Waals surface area contributed by atoms with E-state index in [-0.39, 0.29) is 0 Å². The van der Waals surface area contributed by atoms with Crippen LogP contribution >= 0.6 is 27.5 Å². The van der Waals surface area contributed by atoms with E-state index in [9.17, 15) is 0 Å². The predicted octanol–water partition coefficient (Wildman–Crippen LogP) is 5.26. The average Bonchev–Trinajstić information content (AvgIpc) is 3.25. The van der Waals surface area contributed by atoms with Gasteiger partial charge in [-0.2, -0.15) is 0 Å². The number of benzene rings is 2. The van der Waals surface area contributed by atoms with Crippen molar-refractivity contribution in [2.45, 2.75) is 0 Å². The number of hydrogen-bond donors (Lipinski definition) is 2. The van der Waals surface area contributed by atoms with Crippen LogP contribution in [0.1, 0.15) is 0 Å². The third-order valence-electron chi connectivity index (χ3n) is 3.32. The maximum absolute atomic E-state index is 5.81. The fourth-order valence-electron chi connectivity index (χ4n) is 2.12. The van der Waals surface area contributed by atoms with E-state index in [0.717, 1.165) is 21.3 Å². The number of nitrogens with zero attached hydrogens (tertiary/aromatic N) is 2. The summed E-state index contributed by atoms with van der Waals surface area (Å²) in [5.41, 5.74) is 14.1. The molecule has 2 heterocycles. The Hall–Kier alpha value is -2.77. The molecule has 26 heavy (non-hydrogen) atoms. The summed E-state index contributed by atoms with van der Waals surface area (Å²) in [5.74, 6) is 0.632. The molecule has 4 N–H and O–H groups in total. The summed E-state index contributed by atoms with van der Waals surface area (Å²) >= 11 is 9.17. The third-order valence-corrected chi connectivity index (χ3v) is 4.08. The van der Waals surface area contributed by atoms with Crippen LogP contribution in [-0.4, -0.2) is 10.3 Å². The Labute approximate surface area is 162 Å². The Kier molecular flexibility index (Phi) is 5.60. The van der Waals surface area contributed by atoms with Crippen LogP contribution in [0.25, 0.3) is 22.5 Å². The molecule has 0 saturated carbocycles. The van der Waals surface area contributed by atoms with Gasteiger partial charge < -0.3 is 20.5 Å². The number of nitrogens with two attached hydrogens (primary N) is 2. The molecule has 132 valence electrons. The lowest BCUT2D eigenvalue weighted by Crippen LogP contribution is -1.77. The Morgan fingerprint density at radius 2 is 1.35 bits per heavy atom. The highest BCUT2D eigenvalue weighted by Crippen LogP contribution is 2.23. The van der Waals surface area contributed by atoms with E-state index >= 15 is 0 Å². The third kappa shape index (κ3) is 4.65. The molecule has 0 atom stereocenters. The second-order valence-corrected chi connectivity index (χ2v) is 6.60. The van der Waals surface area contributed by atoms with Crippen LogP contribution < -0.4 is 11.5 Å². The molecular weight excluding hydrogens is 420 g/mol. The highest BCUT2D eigenvalue weighted by atomic mass is 79.9. The van der Waals surface area contributed by atoms with E-state index in [1.54, 1.807) is 24.3 Å². The Morgan fingerprint density at radius 1 is 0.769 bits per heavy atom. The van der Waals surface area contributed by atoms with Crippen LogP contribution in [0.15, 0.2) is 74.2 Å². The van der Waals surface area contributed by atoms with Gasteiger partial charge in [0.05, 0.1) is 0 Å². The van der Waals surface area contributed by atoms with Crippen LogP contribution in [0.5, 0.6) is 0 Å². The SMILES string of the molecule is Nc1cc(-c2ccc(Br)cc2)no1.Nc1cc(-c2cccc(Cl)c2)no1. The highest BCUT2D eigenvalue weighted by Gasteiger charge is 2.04. The van der Waals surface area contributed by atoms with Crippen molar-refractivity contribution in [3.8, 4) is 22.5 Å². The average molecular weight is 434 g/mol. The first-order valence-electron chi connectivity index (χ1n) is 7.47. The predicted molar refractivity (Wildman–Crippen MR) is 105 cm³/mol. The molecule has 4 aromatic rings. The molecule has 0 saturated heterocycles. The van der Waals surface area contributed by atoms with Gasteiger partial charge in [-0.3, -0.25) is 0 Å². The molecule has 0 fully saturated rings. The molecule has 0 bridgehead atoms. The molecule has 8 heteroatoms. The van der Waals surface area contributed by atoms with Crippen molar-refractivity contribution in [3.05, 3.63) is 70.2 Å². The molecule has 2 aromatic heterocycles. The van der Waals surface area contributed by atoms with Crippen molar-refractivity contribution in [2.75, 3.05) is 11.5 Å². The minimum absolute atomic E-state index is 0.301. The molecule has 6 nitrogen and oxygen atoms in total. The molecule has 0 aliphatic carbocycles. The smallest absolute Gasteiger partial charge is 0.222 e. The van der Waals surface area contributed by atoms with E-state index in [1.807, 2.05) is 36.4 Å². The van der Waals surface area contributed by atoms with Crippen molar-refractivity contribution >= 4 is 39.3 Å². The number of halogens is 2. The van der Waals surface area contributed by atoms with Gasteiger partial charge in [0, 0.05) is 32.8 Å². The lowest BCUT2D eigenvalue weighted by atomic mass is 10.1. The summed E-state index contributed by atoms with van der Waals surface area (Å²) in [6.07, 6.45) is 0. The normalized spacial score (nSPS) is 10.2. The first-order chi connectivity index (χ1) is 12.5. The summed E-state index contributed by atoms with van der Waals surface area (Å²) in [6, 6.07) is 18.5. The summed E-state index contributed by atoms with van der Waals surface area (Å²) in [4.78, 5) is 0. The molecule has 0 amide bonds. The van der Waals surface area contributed by atoms with Crippen LogP contribution in [-0.2, 0) is 0 Å². The van der Waals surface area contributed by atoms with Crippen molar-refractivity contribution < 1.29 is 9.05 Å². The highest BCUT2D eigenvalue weighted by molar-refractivity contribution is 9.10. The number of hydrogen-bond acceptors (Lipinski definition) is 6. The van der Waals surface area contributed by atoms with E-state index in [1.165, 1.54) is 0 Å². The molecule has 0 aliphatic heterocycles. The van der Waals surface area contributed by atoms with Crippen molar-refractivity contribution in [3.63, 3.8) is 0 Å². The lowest BCUT2D eigenvalue weighted by Gasteiger charge is -1.94. The van der Waals surface area contributed by atoms with Crippen molar-refractivity contribution in [1.82, 2.24) is 10.3 Å². The van der Waals surface area contributed by atoms with Gasteiger partial charge in [-0.15, -0.1) is 0 Å². The first-order valence-corrected chi connectivity index (χ1v) is 8.64. The minimum Gasteiger partial charge on any atom is -0.368 e. The van der Waals surface area contributed by atoms with E-state index in [2.05, 4.69) is 26.2 Å². The molecule has 0 spiro atoms. The second-order valence-electron chi connectivity index (χ2n) is 5.25. The zero-order chi connectivity index (χ0) is 18.5. The zero-order valence-corrected chi connectivity index (χ0v) is 15.7. The second kappa shape index (κ2) is 8.07. The van der Waals surface area contributed by atoms with Gasteiger partial charge >= 0.3 is 0 Å². The number of rotatable bonds is 2. The van der Waals surface area contributed by atoms with Gasteiger partial charge in [-0.05, 0) is 24.3 Å². The maximum Gasteiger partial charge on any atom is 0.222 e. The van der Waals surface area contributed by atoms with E-state index in [4.69, 9.17) is 32.1 Å². The Balaban J connectivity index is 0.000000151. The van der Waals surface area contributed by atoms with Gasteiger partial charge in [-0.1, -0.05) is 62.1 Å². The minimum atomic E-state index is 0.301. The molecule has 0 aliphatic rings. The first kappa shape index (κ1) is 18.0. The van der Waals surface area contributed by atoms with Gasteiger partial charge in [-0.25, -0.2) is 0 Å². The quantitative estimate of drug-likeness (QED) is 0.446. The molecular formula is C18H14BrClN4O2. The van der Waals surface area contributed by atoms with E-state index in [0.29, 0.717) is 22.5 Å². The fraction of sp³-hybridized carbons (Fsp3) is 0. The topological polar surface area (TPSA) is 104 Å². The van der Waals surface area contributed by atoms with Crippen molar-refractivity contribution in [1.29, 1.82) is 0 Å². The monoisotopic (exact) mass is 432 g/mol. The van der Waals surface area contributed by atoms with Gasteiger partial charge in [0.15, 0.2) is 0 Å². The molecule has 2 aromatic carbocycles. The molecule has 4 rings (SSSR count). The number of nitrogen functional groups attached to an aromatic ring is 2. The van der Waals surface area contributed by atoms with Gasteiger partial charge in [0.2, 0.25) is 11.8 Å². The zero-order valence-electron chi connectivity index (χ0n) is 13.4. The maximum atomic E-state index is 5.81. The summed E-state index contributed by atoms with van der Waals surface area (Å²) in [7, 11) is 0. The number of anilines is 2. The lowest BCUT2D eigenvalue weighted by molar-refractivity contribution is 0.439. The van der Waals surface area contributed by atoms with E-state index < -0.39 is 0 Å². The summed E-state index contributed by atoms with van der Waals surface area (Å²) < 4.78 is 10.5. The van der Waals surface area contributed by atoms with Crippen LogP contribution in [0.2, 0.25) is 5.02 Å². The Morgan fingerprint density at radius 3 is 1.85 bits per heavy atom. The summed E-state index contributed by atoms with van der Waals surface area (Å²) in [5, 5.41) is 8.23. The van der Waals surface area contributed by atoms with Gasteiger partial charge in [0.25, 0.3) is 0 Å².